The highest BCUT2D eigenvalue weighted by Gasteiger charge is 2.23. The summed E-state index contributed by atoms with van der Waals surface area (Å²) in [6.07, 6.45) is 0. The van der Waals surface area contributed by atoms with Crippen LogP contribution in [0.2, 0.25) is 5.02 Å². The number of halogens is 1. The molecule has 0 saturated carbocycles. The quantitative estimate of drug-likeness (QED) is 0.387. The molecule has 0 fully saturated rings. The van der Waals surface area contributed by atoms with Crippen LogP contribution in [0.4, 0.5) is 5.69 Å². The van der Waals surface area contributed by atoms with Gasteiger partial charge in [0.1, 0.15) is 10.6 Å². The van der Waals surface area contributed by atoms with Gasteiger partial charge in [-0.3, -0.25) is 14.2 Å². The molecule has 1 atom stereocenters. The van der Waals surface area contributed by atoms with Crippen LogP contribution >= 0.6 is 34.7 Å². The fourth-order valence-electron chi connectivity index (χ4n) is 3.05. The van der Waals surface area contributed by atoms with Gasteiger partial charge in [-0.1, -0.05) is 23.4 Å². The molecule has 1 amide bonds. The Morgan fingerprint density at radius 2 is 2.00 bits per heavy atom. The highest BCUT2D eigenvalue weighted by molar-refractivity contribution is 8.00. The van der Waals surface area contributed by atoms with Crippen LogP contribution in [0, 0.1) is 13.8 Å². The van der Waals surface area contributed by atoms with Gasteiger partial charge < -0.3 is 10.1 Å². The topological polar surface area (TPSA) is 73.2 Å². The van der Waals surface area contributed by atoms with Crippen LogP contribution in [0.25, 0.3) is 10.2 Å². The number of thiophene rings is 1. The number of hydrogen-bond acceptors (Lipinski definition) is 6. The van der Waals surface area contributed by atoms with Crippen LogP contribution in [0.5, 0.6) is 5.75 Å². The van der Waals surface area contributed by atoms with Crippen LogP contribution in [-0.2, 0) is 4.79 Å². The predicted octanol–water partition coefficient (Wildman–Crippen LogP) is 5.44. The normalized spacial score (nSPS) is 12.4. The summed E-state index contributed by atoms with van der Waals surface area (Å²) in [5.74, 6) is 0.289. The Hall–Kier alpha value is -2.03. The van der Waals surface area contributed by atoms with E-state index in [1.54, 1.807) is 29.7 Å². The zero-order chi connectivity index (χ0) is 22.2. The number of aryl methyl sites for hydroxylation is 2. The summed E-state index contributed by atoms with van der Waals surface area (Å²) < 4.78 is 6.95. The second-order valence-electron chi connectivity index (χ2n) is 7.22. The van der Waals surface area contributed by atoms with E-state index in [1.165, 1.54) is 30.2 Å². The zero-order valence-corrected chi connectivity index (χ0v) is 20.1. The summed E-state index contributed by atoms with van der Waals surface area (Å²) in [7, 11) is 1.53. The molecule has 30 heavy (non-hydrogen) atoms. The lowest BCUT2D eigenvalue weighted by Gasteiger charge is -2.18. The van der Waals surface area contributed by atoms with Gasteiger partial charge in [0.05, 0.1) is 23.4 Å². The van der Waals surface area contributed by atoms with Crippen LogP contribution < -0.4 is 15.6 Å². The molecule has 1 N–H and O–H groups in total. The predicted molar refractivity (Wildman–Crippen MR) is 126 cm³/mol. The van der Waals surface area contributed by atoms with Crippen molar-refractivity contribution < 1.29 is 9.53 Å². The van der Waals surface area contributed by atoms with Crippen molar-refractivity contribution in [3.63, 3.8) is 0 Å². The Bertz CT molecular complexity index is 1170. The molecule has 2 aromatic heterocycles. The summed E-state index contributed by atoms with van der Waals surface area (Å²) in [4.78, 5) is 32.5. The van der Waals surface area contributed by atoms with E-state index in [-0.39, 0.29) is 17.5 Å². The van der Waals surface area contributed by atoms with Gasteiger partial charge in [0.15, 0.2) is 5.16 Å². The molecule has 2 heterocycles. The third kappa shape index (κ3) is 4.36. The molecule has 3 rings (SSSR count). The number of benzene rings is 1. The number of aromatic nitrogens is 2. The van der Waals surface area contributed by atoms with Crippen molar-refractivity contribution in [3.05, 3.63) is 44.0 Å². The average Bonchev–Trinajstić information content (AvgIpc) is 2.95. The monoisotopic (exact) mass is 465 g/mol. The van der Waals surface area contributed by atoms with Crippen molar-refractivity contribution >= 4 is 56.5 Å². The first kappa shape index (κ1) is 22.7. The average molecular weight is 466 g/mol. The molecule has 6 nitrogen and oxygen atoms in total. The molecular weight excluding hydrogens is 442 g/mol. The van der Waals surface area contributed by atoms with E-state index in [1.807, 2.05) is 27.7 Å². The van der Waals surface area contributed by atoms with Gasteiger partial charge in [-0.25, -0.2) is 4.98 Å². The maximum absolute atomic E-state index is 13.2. The second-order valence-corrected chi connectivity index (χ2v) is 10.2. The summed E-state index contributed by atoms with van der Waals surface area (Å²) >= 11 is 8.81. The minimum Gasteiger partial charge on any atom is -0.495 e. The smallest absolute Gasteiger partial charge is 0.263 e. The number of rotatable bonds is 6. The summed E-state index contributed by atoms with van der Waals surface area (Å²) in [5.41, 5.74) is 1.40. The van der Waals surface area contributed by atoms with Crippen molar-refractivity contribution in [1.29, 1.82) is 0 Å². The van der Waals surface area contributed by atoms with Gasteiger partial charge in [0.25, 0.3) is 5.56 Å². The number of ether oxygens (including phenoxy) is 1. The number of fused-ring (bicyclic) bond motifs is 1. The minimum absolute atomic E-state index is 0.0662. The van der Waals surface area contributed by atoms with E-state index in [0.29, 0.717) is 31.8 Å². The van der Waals surface area contributed by atoms with E-state index in [4.69, 9.17) is 21.3 Å². The van der Waals surface area contributed by atoms with Crippen molar-refractivity contribution in [2.45, 2.75) is 51.1 Å². The molecule has 0 aliphatic heterocycles. The maximum Gasteiger partial charge on any atom is 0.263 e. The zero-order valence-electron chi connectivity index (χ0n) is 17.7. The number of methoxy groups -OCH3 is 1. The van der Waals surface area contributed by atoms with Gasteiger partial charge in [0.2, 0.25) is 5.91 Å². The fourth-order valence-corrected chi connectivity index (χ4v) is 5.33. The minimum atomic E-state index is -0.495. The Balaban J connectivity index is 1.93. The fraction of sp³-hybridized carbons (Fsp3) is 0.381. The number of thioether (sulfide) groups is 1. The van der Waals surface area contributed by atoms with E-state index >= 15 is 0 Å². The highest BCUT2D eigenvalue weighted by atomic mass is 35.5. The van der Waals surface area contributed by atoms with Crippen LogP contribution in [0.1, 0.15) is 37.3 Å². The Kier molecular flexibility index (Phi) is 6.79. The molecule has 9 heteroatoms. The van der Waals surface area contributed by atoms with Gasteiger partial charge in [0, 0.05) is 15.9 Å². The van der Waals surface area contributed by atoms with E-state index in [9.17, 15) is 9.59 Å². The summed E-state index contributed by atoms with van der Waals surface area (Å²) in [6, 6.07) is 4.95. The molecule has 160 valence electrons. The van der Waals surface area contributed by atoms with Crippen LogP contribution in [0.15, 0.2) is 28.2 Å². The number of carbonyl (C=O) groups excluding carboxylic acids is 1. The molecule has 0 spiro atoms. The maximum atomic E-state index is 13.2. The second kappa shape index (κ2) is 8.99. The number of nitrogens with zero attached hydrogens (tertiary/aromatic N) is 2. The summed E-state index contributed by atoms with van der Waals surface area (Å²) in [5, 5.41) is 4.05. The Morgan fingerprint density at radius 3 is 2.63 bits per heavy atom. The first-order valence-electron chi connectivity index (χ1n) is 9.47. The third-order valence-electron chi connectivity index (χ3n) is 4.79. The van der Waals surface area contributed by atoms with Gasteiger partial charge >= 0.3 is 0 Å². The van der Waals surface area contributed by atoms with Gasteiger partial charge in [-0.15, -0.1) is 11.3 Å². The lowest BCUT2D eigenvalue weighted by atomic mass is 10.2. The highest BCUT2D eigenvalue weighted by Crippen LogP contribution is 2.32. The first-order chi connectivity index (χ1) is 14.1. The van der Waals surface area contributed by atoms with Crippen molar-refractivity contribution in [3.8, 4) is 5.75 Å². The summed E-state index contributed by atoms with van der Waals surface area (Å²) in [6.45, 7) is 9.60. The Morgan fingerprint density at radius 1 is 1.30 bits per heavy atom. The van der Waals surface area contributed by atoms with Gasteiger partial charge in [-0.05, 0) is 58.4 Å². The SMILES string of the molecule is COc1ccc(Cl)cc1NC(=O)C(C)Sc1nc2sc(C)c(C)c2c(=O)n1C(C)C. The van der Waals surface area contributed by atoms with E-state index < -0.39 is 5.25 Å². The number of carbonyl (C=O) groups is 1. The third-order valence-corrected chi connectivity index (χ3v) is 7.19. The number of hydrogen-bond donors (Lipinski definition) is 1. The van der Waals surface area contributed by atoms with E-state index in [0.717, 1.165) is 10.4 Å². The molecule has 1 unspecified atom stereocenters. The lowest BCUT2D eigenvalue weighted by molar-refractivity contribution is -0.115. The Labute approximate surface area is 188 Å². The molecular formula is C21H24ClN3O3S2. The largest absolute Gasteiger partial charge is 0.495 e. The molecule has 0 saturated heterocycles. The lowest BCUT2D eigenvalue weighted by Crippen LogP contribution is -2.28. The molecule has 0 bridgehead atoms. The van der Waals surface area contributed by atoms with Gasteiger partial charge in [-0.2, -0.15) is 0 Å². The molecule has 0 aliphatic carbocycles. The standard InChI is InChI=1S/C21H24ClN3O3S2/c1-10(2)25-20(27)17-11(3)12(4)29-19(17)24-21(25)30-13(5)18(26)23-15-9-14(22)7-8-16(15)28-6/h7-10,13H,1-6H3,(H,23,26). The molecule has 3 aromatic rings. The van der Waals surface area contributed by atoms with Crippen molar-refractivity contribution in [2.24, 2.45) is 0 Å². The van der Waals surface area contributed by atoms with Crippen molar-refractivity contribution in [1.82, 2.24) is 9.55 Å². The molecule has 0 aliphatic rings. The number of anilines is 1. The van der Waals surface area contributed by atoms with Crippen molar-refractivity contribution in [2.75, 3.05) is 12.4 Å². The first-order valence-corrected chi connectivity index (χ1v) is 11.5. The van der Waals surface area contributed by atoms with E-state index in [2.05, 4.69) is 5.32 Å². The number of amides is 1. The number of nitrogens with one attached hydrogen (secondary N) is 1. The van der Waals surface area contributed by atoms with Crippen LogP contribution in [0.3, 0.4) is 0 Å². The molecule has 1 aromatic carbocycles. The molecule has 0 radical (unpaired) electrons. The van der Waals surface area contributed by atoms with Crippen LogP contribution in [-0.4, -0.2) is 27.8 Å².